The Balaban J connectivity index is 2.78. The van der Waals surface area contributed by atoms with Gasteiger partial charge in [-0.05, 0) is 31.1 Å². The first-order chi connectivity index (χ1) is 7.00. The molecule has 0 amide bonds. The van der Waals surface area contributed by atoms with Crippen LogP contribution in [0, 0.1) is 11.6 Å². The monoisotopic (exact) mass is 210 g/mol. The Labute approximate surface area is 87.4 Å². The summed E-state index contributed by atoms with van der Waals surface area (Å²) in [7, 11) is 0. The van der Waals surface area contributed by atoms with Gasteiger partial charge in [0.15, 0.2) is 0 Å². The van der Waals surface area contributed by atoms with E-state index in [-0.39, 0.29) is 11.3 Å². The van der Waals surface area contributed by atoms with Crippen LogP contribution >= 0.6 is 0 Å². The van der Waals surface area contributed by atoms with E-state index in [1.165, 1.54) is 19.1 Å². The smallest absolute Gasteiger partial charge is 0.133 e. The van der Waals surface area contributed by atoms with Crippen LogP contribution in [0.15, 0.2) is 24.8 Å². The van der Waals surface area contributed by atoms with E-state index in [4.69, 9.17) is 0 Å². The molecular formula is C12H12F2O. The molecule has 1 aromatic carbocycles. The topological polar surface area (TPSA) is 17.1 Å². The third-order valence-electron chi connectivity index (χ3n) is 2.09. The summed E-state index contributed by atoms with van der Waals surface area (Å²) < 4.78 is 25.8. The van der Waals surface area contributed by atoms with Gasteiger partial charge in [-0.15, -0.1) is 0 Å². The molecule has 0 aromatic heterocycles. The number of benzene rings is 1. The zero-order chi connectivity index (χ0) is 11.4. The van der Waals surface area contributed by atoms with Crippen molar-refractivity contribution in [1.29, 1.82) is 0 Å². The molecule has 15 heavy (non-hydrogen) atoms. The SMILES string of the molecule is C=C(CCC(C)=O)c1ccc(F)cc1F. The van der Waals surface area contributed by atoms with Crippen molar-refractivity contribution >= 4 is 11.4 Å². The second-order valence-corrected chi connectivity index (χ2v) is 3.43. The van der Waals surface area contributed by atoms with E-state index in [0.717, 1.165) is 6.07 Å². The predicted molar refractivity (Wildman–Crippen MR) is 55.3 cm³/mol. The Morgan fingerprint density at radius 1 is 1.33 bits per heavy atom. The first kappa shape index (κ1) is 11.6. The molecule has 1 rings (SSSR count). The fourth-order valence-corrected chi connectivity index (χ4v) is 1.24. The van der Waals surface area contributed by atoms with Crippen molar-refractivity contribution in [3.63, 3.8) is 0 Å². The van der Waals surface area contributed by atoms with Crippen LogP contribution in [0.4, 0.5) is 8.78 Å². The van der Waals surface area contributed by atoms with Gasteiger partial charge in [0.1, 0.15) is 17.4 Å². The van der Waals surface area contributed by atoms with E-state index >= 15 is 0 Å². The predicted octanol–water partition coefficient (Wildman–Crippen LogP) is 3.35. The summed E-state index contributed by atoms with van der Waals surface area (Å²) in [6.07, 6.45) is 0.730. The molecule has 0 aliphatic heterocycles. The van der Waals surface area contributed by atoms with E-state index in [1.54, 1.807) is 0 Å². The maximum absolute atomic E-state index is 13.2. The highest BCUT2D eigenvalue weighted by molar-refractivity contribution is 5.78. The van der Waals surface area contributed by atoms with Crippen molar-refractivity contribution in [2.75, 3.05) is 0 Å². The minimum Gasteiger partial charge on any atom is -0.300 e. The molecule has 0 saturated heterocycles. The summed E-state index contributed by atoms with van der Waals surface area (Å²) in [5.74, 6) is -1.22. The summed E-state index contributed by atoms with van der Waals surface area (Å²) in [5.41, 5.74) is 0.792. The third kappa shape index (κ3) is 3.27. The molecule has 0 saturated carbocycles. The molecule has 0 radical (unpaired) electrons. The fourth-order valence-electron chi connectivity index (χ4n) is 1.24. The largest absolute Gasteiger partial charge is 0.300 e. The van der Waals surface area contributed by atoms with E-state index in [0.29, 0.717) is 18.4 Å². The number of carbonyl (C=O) groups is 1. The van der Waals surface area contributed by atoms with Crippen molar-refractivity contribution in [3.05, 3.63) is 42.0 Å². The molecule has 0 atom stereocenters. The highest BCUT2D eigenvalue weighted by atomic mass is 19.1. The van der Waals surface area contributed by atoms with Gasteiger partial charge in [-0.25, -0.2) is 8.78 Å². The lowest BCUT2D eigenvalue weighted by Gasteiger charge is -2.05. The van der Waals surface area contributed by atoms with Crippen molar-refractivity contribution < 1.29 is 13.6 Å². The third-order valence-corrected chi connectivity index (χ3v) is 2.09. The van der Waals surface area contributed by atoms with Crippen LogP contribution in [0.1, 0.15) is 25.3 Å². The van der Waals surface area contributed by atoms with Crippen LogP contribution in [0.2, 0.25) is 0 Å². The van der Waals surface area contributed by atoms with Gasteiger partial charge in [0.2, 0.25) is 0 Å². The number of ketones is 1. The Bertz CT molecular complexity index is 397. The first-order valence-corrected chi connectivity index (χ1v) is 4.63. The summed E-state index contributed by atoms with van der Waals surface area (Å²) in [6, 6.07) is 3.33. The zero-order valence-corrected chi connectivity index (χ0v) is 8.52. The Morgan fingerprint density at radius 2 is 2.00 bits per heavy atom. The van der Waals surface area contributed by atoms with Crippen LogP contribution in [-0.4, -0.2) is 5.78 Å². The highest BCUT2D eigenvalue weighted by Crippen LogP contribution is 2.21. The van der Waals surface area contributed by atoms with E-state index in [9.17, 15) is 13.6 Å². The van der Waals surface area contributed by atoms with Gasteiger partial charge in [0.25, 0.3) is 0 Å². The van der Waals surface area contributed by atoms with Crippen molar-refractivity contribution in [3.8, 4) is 0 Å². The zero-order valence-electron chi connectivity index (χ0n) is 8.52. The van der Waals surface area contributed by atoms with Gasteiger partial charge in [-0.2, -0.15) is 0 Å². The fraction of sp³-hybridized carbons (Fsp3) is 0.250. The number of hydrogen-bond acceptors (Lipinski definition) is 1. The number of hydrogen-bond donors (Lipinski definition) is 0. The normalized spacial score (nSPS) is 10.1. The molecule has 0 aliphatic carbocycles. The molecule has 3 heteroatoms. The number of allylic oxidation sites excluding steroid dienone is 1. The molecule has 80 valence electrons. The van der Waals surface area contributed by atoms with Crippen LogP contribution in [0.5, 0.6) is 0 Å². The molecule has 0 aliphatic rings. The summed E-state index contributed by atoms with van der Waals surface area (Å²) in [6.45, 7) is 5.14. The number of halogens is 2. The lowest BCUT2D eigenvalue weighted by atomic mass is 10.0. The van der Waals surface area contributed by atoms with Crippen LogP contribution < -0.4 is 0 Å². The minimum absolute atomic E-state index is 0.0265. The second-order valence-electron chi connectivity index (χ2n) is 3.43. The molecular weight excluding hydrogens is 198 g/mol. The highest BCUT2D eigenvalue weighted by Gasteiger charge is 2.07. The summed E-state index contributed by atoms with van der Waals surface area (Å²) >= 11 is 0. The lowest BCUT2D eigenvalue weighted by Crippen LogP contribution is -1.94. The molecule has 0 bridgehead atoms. The lowest BCUT2D eigenvalue weighted by molar-refractivity contribution is -0.116. The Morgan fingerprint density at radius 3 is 2.53 bits per heavy atom. The maximum atomic E-state index is 13.2. The van der Waals surface area contributed by atoms with Crippen LogP contribution in [-0.2, 0) is 4.79 Å². The molecule has 0 heterocycles. The van der Waals surface area contributed by atoms with Gasteiger partial charge in [0.05, 0.1) is 0 Å². The first-order valence-electron chi connectivity index (χ1n) is 4.63. The summed E-state index contributed by atoms with van der Waals surface area (Å²) in [5, 5.41) is 0. The Kier molecular flexibility index (Phi) is 3.72. The van der Waals surface area contributed by atoms with Gasteiger partial charge >= 0.3 is 0 Å². The summed E-state index contributed by atoms with van der Waals surface area (Å²) in [4.78, 5) is 10.7. The number of carbonyl (C=O) groups excluding carboxylic acids is 1. The molecule has 0 spiro atoms. The maximum Gasteiger partial charge on any atom is 0.133 e. The van der Waals surface area contributed by atoms with Gasteiger partial charge in [0, 0.05) is 18.1 Å². The number of rotatable bonds is 4. The quantitative estimate of drug-likeness (QED) is 0.744. The van der Waals surface area contributed by atoms with Crippen LogP contribution in [0.3, 0.4) is 0 Å². The molecule has 1 aromatic rings. The van der Waals surface area contributed by atoms with Gasteiger partial charge in [-0.1, -0.05) is 6.58 Å². The van der Waals surface area contributed by atoms with Gasteiger partial charge < -0.3 is 4.79 Å². The Hall–Kier alpha value is -1.51. The van der Waals surface area contributed by atoms with E-state index in [1.807, 2.05) is 0 Å². The number of Topliss-reactive ketones (excluding diaryl/α,β-unsaturated/α-hetero) is 1. The average molecular weight is 210 g/mol. The standard InChI is InChI=1S/C12H12F2O/c1-8(3-4-9(2)15)11-6-5-10(13)7-12(11)14/h5-7H,1,3-4H2,2H3. The molecule has 0 unspecified atom stereocenters. The van der Waals surface area contributed by atoms with Crippen molar-refractivity contribution in [2.45, 2.75) is 19.8 Å². The molecule has 1 nitrogen and oxygen atoms in total. The van der Waals surface area contributed by atoms with Gasteiger partial charge in [-0.3, -0.25) is 0 Å². The van der Waals surface area contributed by atoms with Crippen molar-refractivity contribution in [2.24, 2.45) is 0 Å². The van der Waals surface area contributed by atoms with E-state index < -0.39 is 11.6 Å². The van der Waals surface area contributed by atoms with E-state index in [2.05, 4.69) is 6.58 Å². The molecule has 0 fully saturated rings. The van der Waals surface area contributed by atoms with Crippen molar-refractivity contribution in [1.82, 2.24) is 0 Å². The van der Waals surface area contributed by atoms with Crippen LogP contribution in [0.25, 0.3) is 5.57 Å². The second kappa shape index (κ2) is 4.82. The molecule has 0 N–H and O–H groups in total. The average Bonchev–Trinajstić information content (AvgIpc) is 2.14. The minimum atomic E-state index is -0.636.